The number of hydrogen-bond acceptors (Lipinski definition) is 0. The third-order valence-electron chi connectivity index (χ3n) is 6.56. The lowest BCUT2D eigenvalue weighted by Crippen LogP contribution is -2.45. The molecule has 1 aliphatic carbocycles. The van der Waals surface area contributed by atoms with Crippen LogP contribution in [0.25, 0.3) is 17.2 Å². The summed E-state index contributed by atoms with van der Waals surface area (Å²) in [7, 11) is -2.80. The van der Waals surface area contributed by atoms with Crippen molar-refractivity contribution in [2.75, 3.05) is 0 Å². The minimum Gasteiger partial charge on any atom is -0.0656 e. The van der Waals surface area contributed by atoms with Crippen molar-refractivity contribution in [2.24, 2.45) is 0 Å². The summed E-state index contributed by atoms with van der Waals surface area (Å²) in [6.07, 6.45) is 7.51. The van der Waals surface area contributed by atoms with E-state index in [1.165, 1.54) is 47.1 Å². The summed E-state index contributed by atoms with van der Waals surface area (Å²) in [5.41, 5.74) is 9.18. The van der Waals surface area contributed by atoms with E-state index in [2.05, 4.69) is 96.5 Å². The van der Waals surface area contributed by atoms with Gasteiger partial charge in [0.1, 0.15) is 0 Å². The number of hydrogen-bond donors (Lipinski definition) is 0. The lowest BCUT2D eigenvalue weighted by molar-refractivity contribution is 0.779. The fourth-order valence-electron chi connectivity index (χ4n) is 4.50. The highest BCUT2D eigenvalue weighted by molar-refractivity contribution is 6.91. The second-order valence-corrected chi connectivity index (χ2v) is 21.8. The van der Waals surface area contributed by atoms with Gasteiger partial charge in [-0.05, 0) is 53.0 Å². The summed E-state index contributed by atoms with van der Waals surface area (Å²) >= 11 is 0. The smallest absolute Gasteiger partial charge is 0.0656 e. The summed E-state index contributed by atoms with van der Waals surface area (Å²) < 4.78 is 0. The topological polar surface area (TPSA) is 0 Å². The summed E-state index contributed by atoms with van der Waals surface area (Å²) in [5.74, 6) is 0.532. The molecule has 0 radical (unpaired) electrons. The maximum atomic E-state index is 2.56. The first-order valence-electron chi connectivity index (χ1n) is 11.9. The van der Waals surface area contributed by atoms with Crippen molar-refractivity contribution >= 4 is 32.6 Å². The molecule has 0 nitrogen and oxygen atoms in total. The minimum absolute atomic E-state index is 0.532. The molecule has 0 aliphatic heterocycles. The lowest BCUT2D eigenvalue weighted by Gasteiger charge is -2.26. The number of rotatable bonds is 7. The number of fused-ring (bicyclic) bond motifs is 1. The van der Waals surface area contributed by atoms with Crippen molar-refractivity contribution in [1.29, 1.82) is 0 Å². The van der Waals surface area contributed by atoms with Gasteiger partial charge in [-0.3, -0.25) is 0 Å². The van der Waals surface area contributed by atoms with Crippen LogP contribution in [0.3, 0.4) is 0 Å². The number of unbranched alkanes of at least 4 members (excludes halogenated alkanes) is 1. The lowest BCUT2D eigenvalue weighted by atomic mass is 9.87. The molecular formula is C28H42Si2. The molecule has 0 aromatic heterocycles. The number of allylic oxidation sites excluding steroid dienone is 1. The average Bonchev–Trinajstić information content (AvgIpc) is 3.06. The van der Waals surface area contributed by atoms with Crippen LogP contribution < -0.4 is 10.4 Å². The molecule has 0 spiro atoms. The van der Waals surface area contributed by atoms with Gasteiger partial charge in [0.05, 0.1) is 16.1 Å². The molecule has 0 amide bonds. The van der Waals surface area contributed by atoms with E-state index in [0.717, 1.165) is 6.42 Å². The van der Waals surface area contributed by atoms with E-state index in [4.69, 9.17) is 0 Å². The van der Waals surface area contributed by atoms with Gasteiger partial charge in [0.2, 0.25) is 0 Å². The van der Waals surface area contributed by atoms with E-state index in [1.807, 2.05) is 0 Å². The molecule has 0 saturated heterocycles. The van der Waals surface area contributed by atoms with Gasteiger partial charge in [0.15, 0.2) is 0 Å². The van der Waals surface area contributed by atoms with Gasteiger partial charge in [-0.25, -0.2) is 0 Å². The van der Waals surface area contributed by atoms with Crippen molar-refractivity contribution in [3.63, 3.8) is 0 Å². The van der Waals surface area contributed by atoms with Crippen LogP contribution in [0.4, 0.5) is 0 Å². The molecule has 3 rings (SSSR count). The summed E-state index contributed by atoms with van der Waals surface area (Å²) in [6.45, 7) is 21.9. The predicted octanol–water partition coefficient (Wildman–Crippen LogP) is 7.70. The Labute approximate surface area is 187 Å². The highest BCUT2D eigenvalue weighted by atomic mass is 28.3. The summed E-state index contributed by atoms with van der Waals surface area (Å²) in [6, 6.07) is 12.5. The fraction of sp³-hybridized carbons (Fsp3) is 0.500. The summed E-state index contributed by atoms with van der Waals surface area (Å²) in [4.78, 5) is 0. The van der Waals surface area contributed by atoms with Gasteiger partial charge >= 0.3 is 0 Å². The van der Waals surface area contributed by atoms with Crippen LogP contribution in [0, 0.1) is 0 Å². The Hall–Kier alpha value is -1.39. The Morgan fingerprint density at radius 2 is 1.47 bits per heavy atom. The third kappa shape index (κ3) is 4.91. The first-order chi connectivity index (χ1) is 13.9. The summed E-state index contributed by atoms with van der Waals surface area (Å²) in [5, 5.41) is 3.22. The Bertz CT molecular complexity index is 918. The van der Waals surface area contributed by atoms with Gasteiger partial charge < -0.3 is 0 Å². The Morgan fingerprint density at radius 3 is 1.97 bits per heavy atom. The largest absolute Gasteiger partial charge is 0.0776 e. The molecule has 0 saturated carbocycles. The van der Waals surface area contributed by atoms with E-state index in [1.54, 1.807) is 15.9 Å². The van der Waals surface area contributed by atoms with Crippen LogP contribution in [-0.4, -0.2) is 16.1 Å². The molecule has 1 aliphatic rings. The Morgan fingerprint density at radius 1 is 0.867 bits per heavy atom. The van der Waals surface area contributed by atoms with Crippen LogP contribution in [-0.2, 0) is 6.42 Å². The molecule has 0 heterocycles. The van der Waals surface area contributed by atoms with Crippen molar-refractivity contribution < 1.29 is 0 Å². The molecular weight excluding hydrogens is 392 g/mol. The SMILES string of the molecule is CCCCC1=Cc2c(ccc(C(C)C)c2-c2cc([Si](C)(C)C)cc([Si](C)(C)C)c2)C1. The van der Waals surface area contributed by atoms with Crippen molar-refractivity contribution in [3.05, 3.63) is 52.6 Å². The van der Waals surface area contributed by atoms with Gasteiger partial charge in [0, 0.05) is 0 Å². The maximum Gasteiger partial charge on any atom is 0.0776 e. The molecule has 162 valence electrons. The minimum atomic E-state index is -1.40. The van der Waals surface area contributed by atoms with E-state index in [-0.39, 0.29) is 0 Å². The van der Waals surface area contributed by atoms with Crippen LogP contribution in [0.1, 0.15) is 62.6 Å². The van der Waals surface area contributed by atoms with Gasteiger partial charge in [-0.15, -0.1) is 0 Å². The Kier molecular flexibility index (Phi) is 6.69. The highest BCUT2D eigenvalue weighted by Gasteiger charge is 2.26. The molecule has 0 fully saturated rings. The molecule has 2 aromatic rings. The third-order valence-corrected chi connectivity index (χ3v) is 10.6. The van der Waals surface area contributed by atoms with E-state index < -0.39 is 16.1 Å². The van der Waals surface area contributed by atoms with Crippen molar-refractivity contribution in [2.45, 2.75) is 91.7 Å². The quantitative estimate of drug-likeness (QED) is 0.392. The standard InChI is InChI=1S/C28H42Si2/c1-10-11-12-21-15-22-13-14-26(20(2)3)28(27(22)16-21)23-17-24(29(4,5)6)19-25(18-23)30(7,8)9/h13-14,16-20H,10-12,15H2,1-9H3. The van der Waals surface area contributed by atoms with Crippen LogP contribution >= 0.6 is 0 Å². The highest BCUT2D eigenvalue weighted by Crippen LogP contribution is 2.40. The predicted molar refractivity (Wildman–Crippen MR) is 143 cm³/mol. The first kappa shape index (κ1) is 23.3. The normalized spacial score (nSPS) is 14.3. The average molecular weight is 435 g/mol. The molecule has 0 bridgehead atoms. The maximum absolute atomic E-state index is 2.56. The monoisotopic (exact) mass is 434 g/mol. The molecule has 0 atom stereocenters. The number of benzene rings is 2. The molecule has 0 unspecified atom stereocenters. The molecule has 0 N–H and O–H groups in total. The van der Waals surface area contributed by atoms with Gasteiger partial charge in [0.25, 0.3) is 0 Å². The zero-order valence-electron chi connectivity index (χ0n) is 20.9. The van der Waals surface area contributed by atoms with E-state index >= 15 is 0 Å². The van der Waals surface area contributed by atoms with Crippen molar-refractivity contribution in [3.8, 4) is 11.1 Å². The van der Waals surface area contributed by atoms with E-state index in [9.17, 15) is 0 Å². The molecule has 2 aromatic carbocycles. The second kappa shape index (κ2) is 8.63. The fourth-order valence-corrected chi connectivity index (χ4v) is 7.00. The molecule has 30 heavy (non-hydrogen) atoms. The van der Waals surface area contributed by atoms with Gasteiger partial charge in [-0.2, -0.15) is 0 Å². The second-order valence-electron chi connectivity index (χ2n) is 11.6. The first-order valence-corrected chi connectivity index (χ1v) is 18.9. The van der Waals surface area contributed by atoms with E-state index in [0.29, 0.717) is 5.92 Å². The van der Waals surface area contributed by atoms with Gasteiger partial charge in [-0.1, -0.05) is 119 Å². The van der Waals surface area contributed by atoms with Crippen LogP contribution in [0.15, 0.2) is 35.9 Å². The molecule has 2 heteroatoms. The zero-order valence-corrected chi connectivity index (χ0v) is 22.9. The van der Waals surface area contributed by atoms with Crippen molar-refractivity contribution in [1.82, 2.24) is 0 Å². The van der Waals surface area contributed by atoms with Crippen LogP contribution in [0.2, 0.25) is 39.3 Å². The van der Waals surface area contributed by atoms with Crippen LogP contribution in [0.5, 0.6) is 0 Å². The Balaban J connectivity index is 2.28. The zero-order chi connectivity index (χ0) is 22.3.